The Balaban J connectivity index is 2.14. The van der Waals surface area contributed by atoms with Gasteiger partial charge in [-0.3, -0.25) is 4.99 Å². The van der Waals surface area contributed by atoms with Crippen LogP contribution in [-0.4, -0.2) is 31.1 Å². The van der Waals surface area contributed by atoms with Gasteiger partial charge in [0.1, 0.15) is 6.04 Å². The average molecular weight is 328 g/mol. The summed E-state index contributed by atoms with van der Waals surface area (Å²) in [5.74, 6) is -0.208. The van der Waals surface area contributed by atoms with Crippen molar-refractivity contribution in [3.8, 4) is 0 Å². The lowest BCUT2D eigenvalue weighted by Crippen LogP contribution is -2.32. The molecule has 0 fully saturated rings. The molecule has 6 heteroatoms. The molecule has 0 bridgehead atoms. The topological polar surface area (TPSA) is 103 Å². The maximum absolute atomic E-state index is 12.2. The van der Waals surface area contributed by atoms with Crippen LogP contribution in [0.15, 0.2) is 47.5 Å². The van der Waals surface area contributed by atoms with Crippen LogP contribution in [0.5, 0.6) is 0 Å². The zero-order chi connectivity index (χ0) is 17.4. The summed E-state index contributed by atoms with van der Waals surface area (Å²) in [5.41, 5.74) is 11.6. The van der Waals surface area contributed by atoms with E-state index in [1.165, 1.54) is 0 Å². The summed E-state index contributed by atoms with van der Waals surface area (Å²) < 4.78 is 5.18. The molecule has 2 aromatic carbocycles. The predicted molar refractivity (Wildman–Crippen MR) is 97.9 cm³/mol. The molecule has 0 aromatic heterocycles. The third-order valence-electron chi connectivity index (χ3n) is 3.64. The molecule has 1 atom stereocenters. The Morgan fingerprint density at radius 1 is 1.21 bits per heavy atom. The Bertz CT molecular complexity index is 706. The van der Waals surface area contributed by atoms with Crippen LogP contribution >= 0.6 is 0 Å². The number of fused-ring (bicyclic) bond motifs is 1. The van der Waals surface area contributed by atoms with E-state index in [9.17, 15) is 4.79 Å². The van der Waals surface area contributed by atoms with Gasteiger partial charge in [-0.25, -0.2) is 4.79 Å². The highest BCUT2D eigenvalue weighted by atomic mass is 16.5. The Hall–Kier alpha value is -2.76. The van der Waals surface area contributed by atoms with Gasteiger partial charge < -0.3 is 21.5 Å². The first kappa shape index (κ1) is 17.6. The van der Waals surface area contributed by atoms with Gasteiger partial charge in [-0.2, -0.15) is 0 Å². The van der Waals surface area contributed by atoms with Gasteiger partial charge in [0.15, 0.2) is 5.96 Å². The Morgan fingerprint density at radius 2 is 1.96 bits per heavy atom. The minimum Gasteiger partial charge on any atom is -0.464 e. The summed E-state index contributed by atoms with van der Waals surface area (Å²) >= 11 is 0. The van der Waals surface area contributed by atoms with Crippen LogP contribution in [0.2, 0.25) is 0 Å². The monoisotopic (exact) mass is 328 g/mol. The maximum atomic E-state index is 12.2. The predicted octanol–water partition coefficient (Wildman–Crippen LogP) is 2.24. The van der Waals surface area contributed by atoms with Crippen LogP contribution in [0.25, 0.3) is 10.8 Å². The molecule has 0 aliphatic rings. The Labute approximate surface area is 141 Å². The van der Waals surface area contributed by atoms with E-state index < -0.39 is 6.04 Å². The van der Waals surface area contributed by atoms with Crippen LogP contribution < -0.4 is 16.8 Å². The molecule has 0 radical (unpaired) electrons. The largest absolute Gasteiger partial charge is 0.464 e. The third kappa shape index (κ3) is 4.87. The van der Waals surface area contributed by atoms with E-state index in [1.807, 2.05) is 42.5 Å². The molecule has 0 amide bonds. The first-order valence-corrected chi connectivity index (χ1v) is 8.08. The smallest absolute Gasteiger partial charge is 0.328 e. The molecule has 5 N–H and O–H groups in total. The van der Waals surface area contributed by atoms with Crippen molar-refractivity contribution in [3.63, 3.8) is 0 Å². The lowest BCUT2D eigenvalue weighted by atomic mass is 10.1. The quantitative estimate of drug-likeness (QED) is 0.298. The first-order valence-electron chi connectivity index (χ1n) is 8.08. The number of rotatable bonds is 8. The van der Waals surface area contributed by atoms with E-state index in [4.69, 9.17) is 16.2 Å². The number of esters is 1. The van der Waals surface area contributed by atoms with Gasteiger partial charge in [-0.05, 0) is 31.2 Å². The summed E-state index contributed by atoms with van der Waals surface area (Å²) in [6.45, 7) is 2.63. The number of hydrogen-bond acceptors (Lipinski definition) is 4. The molecular formula is C18H24N4O2. The van der Waals surface area contributed by atoms with Crippen LogP contribution in [0.4, 0.5) is 5.69 Å². The molecule has 24 heavy (non-hydrogen) atoms. The van der Waals surface area contributed by atoms with Gasteiger partial charge in [-0.1, -0.05) is 36.4 Å². The van der Waals surface area contributed by atoms with Gasteiger partial charge in [0, 0.05) is 17.6 Å². The number of carbonyl (C=O) groups is 1. The molecule has 2 rings (SSSR count). The summed E-state index contributed by atoms with van der Waals surface area (Å²) in [5, 5.41) is 5.49. The standard InChI is InChI=1S/C18H24N4O2/c1-2-24-17(23)16(11-6-12-21-18(19)20)22-15-10-5-8-13-7-3-4-9-14(13)15/h3-5,7-10,16,22H,2,6,11-12H2,1H3,(H4,19,20,21)/t16-/m0/s1. The molecule has 0 saturated heterocycles. The molecule has 0 aliphatic carbocycles. The molecule has 0 saturated carbocycles. The van der Waals surface area contributed by atoms with Crippen molar-refractivity contribution in [1.82, 2.24) is 0 Å². The van der Waals surface area contributed by atoms with Crippen molar-refractivity contribution >= 4 is 28.4 Å². The summed E-state index contributed by atoms with van der Waals surface area (Å²) in [7, 11) is 0. The van der Waals surface area contributed by atoms with E-state index in [-0.39, 0.29) is 11.9 Å². The van der Waals surface area contributed by atoms with Crippen molar-refractivity contribution in [3.05, 3.63) is 42.5 Å². The normalized spacial score (nSPS) is 11.7. The molecule has 128 valence electrons. The van der Waals surface area contributed by atoms with Crippen LogP contribution in [-0.2, 0) is 9.53 Å². The Morgan fingerprint density at radius 3 is 2.71 bits per heavy atom. The van der Waals surface area contributed by atoms with Gasteiger partial charge in [0.25, 0.3) is 0 Å². The number of nitrogens with one attached hydrogen (secondary N) is 1. The maximum Gasteiger partial charge on any atom is 0.328 e. The third-order valence-corrected chi connectivity index (χ3v) is 3.64. The number of nitrogens with two attached hydrogens (primary N) is 2. The molecule has 0 unspecified atom stereocenters. The second-order valence-corrected chi connectivity index (χ2v) is 5.42. The summed E-state index contributed by atoms with van der Waals surface area (Å²) in [6.07, 6.45) is 1.26. The average Bonchev–Trinajstić information content (AvgIpc) is 2.57. The van der Waals surface area contributed by atoms with Gasteiger partial charge in [0.05, 0.1) is 6.61 Å². The van der Waals surface area contributed by atoms with Gasteiger partial charge >= 0.3 is 5.97 Å². The zero-order valence-corrected chi connectivity index (χ0v) is 13.9. The summed E-state index contributed by atoms with van der Waals surface area (Å²) in [6, 6.07) is 13.6. The fraction of sp³-hybridized carbons (Fsp3) is 0.333. The van der Waals surface area contributed by atoms with Crippen molar-refractivity contribution in [2.75, 3.05) is 18.5 Å². The van der Waals surface area contributed by atoms with E-state index >= 15 is 0 Å². The summed E-state index contributed by atoms with van der Waals surface area (Å²) in [4.78, 5) is 16.2. The fourth-order valence-corrected chi connectivity index (χ4v) is 2.53. The van der Waals surface area contributed by atoms with Crippen molar-refractivity contribution < 1.29 is 9.53 Å². The number of carbonyl (C=O) groups excluding carboxylic acids is 1. The number of ether oxygens (including phenoxy) is 1. The number of benzene rings is 2. The van der Waals surface area contributed by atoms with Crippen LogP contribution in [0.3, 0.4) is 0 Å². The lowest BCUT2D eigenvalue weighted by Gasteiger charge is -2.19. The number of aliphatic imine (C=N–C) groups is 1. The van der Waals surface area contributed by atoms with Crippen molar-refractivity contribution in [1.29, 1.82) is 0 Å². The molecule has 0 spiro atoms. The van der Waals surface area contributed by atoms with E-state index in [2.05, 4.69) is 10.3 Å². The number of nitrogens with zero attached hydrogens (tertiary/aromatic N) is 1. The molecular weight excluding hydrogens is 304 g/mol. The van der Waals surface area contributed by atoms with Crippen LogP contribution in [0, 0.1) is 0 Å². The van der Waals surface area contributed by atoms with Crippen molar-refractivity contribution in [2.45, 2.75) is 25.8 Å². The van der Waals surface area contributed by atoms with Crippen molar-refractivity contribution in [2.24, 2.45) is 16.5 Å². The number of hydrogen-bond donors (Lipinski definition) is 3. The second-order valence-electron chi connectivity index (χ2n) is 5.42. The molecule has 2 aromatic rings. The highest BCUT2D eigenvalue weighted by Gasteiger charge is 2.19. The highest BCUT2D eigenvalue weighted by Crippen LogP contribution is 2.24. The second kappa shape index (κ2) is 8.76. The van der Waals surface area contributed by atoms with E-state index in [0.717, 1.165) is 16.5 Å². The van der Waals surface area contributed by atoms with Gasteiger partial charge in [0.2, 0.25) is 0 Å². The van der Waals surface area contributed by atoms with Crippen LogP contribution in [0.1, 0.15) is 19.8 Å². The highest BCUT2D eigenvalue weighted by molar-refractivity contribution is 5.95. The number of anilines is 1. The van der Waals surface area contributed by atoms with E-state index in [0.29, 0.717) is 26.0 Å². The molecule has 0 aliphatic heterocycles. The Kier molecular flexibility index (Phi) is 6.42. The first-order chi connectivity index (χ1) is 11.6. The SMILES string of the molecule is CCOC(=O)[C@H](CCCN=C(N)N)Nc1cccc2ccccc12. The minimum atomic E-state index is -0.440. The lowest BCUT2D eigenvalue weighted by molar-refractivity contribution is -0.144. The van der Waals surface area contributed by atoms with E-state index in [1.54, 1.807) is 6.92 Å². The molecule has 0 heterocycles. The van der Waals surface area contributed by atoms with Gasteiger partial charge in [-0.15, -0.1) is 0 Å². The zero-order valence-electron chi connectivity index (χ0n) is 13.9. The minimum absolute atomic E-state index is 0.0599. The molecule has 6 nitrogen and oxygen atoms in total. The number of guanidine groups is 1. The fourth-order valence-electron chi connectivity index (χ4n) is 2.53.